The molecule has 31 heavy (non-hydrogen) atoms. The number of hydrogen-bond acceptors (Lipinski definition) is 5. The molecular formula is C24H27FN4O2. The number of aromatic nitrogens is 2. The highest BCUT2D eigenvalue weighted by Crippen LogP contribution is 2.33. The van der Waals surface area contributed by atoms with Crippen LogP contribution in [0.5, 0.6) is 5.75 Å². The fourth-order valence-electron chi connectivity index (χ4n) is 4.45. The summed E-state index contributed by atoms with van der Waals surface area (Å²) in [5.41, 5.74) is 2.33. The number of nitrogens with zero attached hydrogens (tertiary/aromatic N) is 4. The molecule has 1 fully saturated rings. The monoisotopic (exact) mass is 422 g/mol. The summed E-state index contributed by atoms with van der Waals surface area (Å²) in [6.45, 7) is 6.74. The number of rotatable bonds is 5. The Labute approximate surface area is 181 Å². The average Bonchev–Trinajstić information content (AvgIpc) is 2.78. The molecule has 162 valence electrons. The number of pyridine rings is 2. The second kappa shape index (κ2) is 8.89. The van der Waals surface area contributed by atoms with Gasteiger partial charge in [-0.25, -0.2) is 4.39 Å². The molecule has 0 radical (unpaired) electrons. The lowest BCUT2D eigenvalue weighted by atomic mass is 9.97. The van der Waals surface area contributed by atoms with Gasteiger partial charge in [0, 0.05) is 50.8 Å². The van der Waals surface area contributed by atoms with Crippen LogP contribution in [0.1, 0.15) is 29.8 Å². The molecule has 3 aromatic rings. The quantitative estimate of drug-likeness (QED) is 0.684. The Hall–Kier alpha value is -3.19. The average molecular weight is 423 g/mol. The molecule has 0 saturated carbocycles. The molecule has 6 nitrogen and oxygen atoms in total. The van der Waals surface area contributed by atoms with Crippen molar-refractivity contribution < 1.29 is 9.50 Å². The van der Waals surface area contributed by atoms with Crippen LogP contribution in [-0.4, -0.2) is 45.7 Å². The molecule has 0 amide bonds. The highest BCUT2D eigenvalue weighted by Gasteiger charge is 2.32. The third-order valence-electron chi connectivity index (χ3n) is 5.99. The zero-order chi connectivity index (χ0) is 22.0. The van der Waals surface area contributed by atoms with E-state index < -0.39 is 6.04 Å². The van der Waals surface area contributed by atoms with Crippen LogP contribution in [0.4, 0.5) is 10.1 Å². The number of piperazine rings is 1. The lowest BCUT2D eigenvalue weighted by Crippen LogP contribution is -2.49. The van der Waals surface area contributed by atoms with E-state index in [1.807, 2.05) is 36.9 Å². The van der Waals surface area contributed by atoms with Gasteiger partial charge in [0.1, 0.15) is 11.6 Å². The van der Waals surface area contributed by atoms with E-state index in [9.17, 15) is 14.3 Å². The maximum atomic E-state index is 14.2. The van der Waals surface area contributed by atoms with Crippen LogP contribution in [0.3, 0.4) is 0 Å². The molecular weight excluding hydrogens is 395 g/mol. The number of hydrogen-bond donors (Lipinski definition) is 1. The lowest BCUT2D eigenvalue weighted by molar-refractivity contribution is 0.206. The molecule has 1 aliphatic rings. The van der Waals surface area contributed by atoms with E-state index in [4.69, 9.17) is 0 Å². The van der Waals surface area contributed by atoms with E-state index in [-0.39, 0.29) is 17.1 Å². The molecule has 0 spiro atoms. The van der Waals surface area contributed by atoms with Gasteiger partial charge in [0.2, 0.25) is 0 Å². The number of anilines is 1. The van der Waals surface area contributed by atoms with Gasteiger partial charge in [-0.1, -0.05) is 18.2 Å². The molecule has 1 aromatic carbocycles. The van der Waals surface area contributed by atoms with E-state index in [1.54, 1.807) is 35.2 Å². The highest BCUT2D eigenvalue weighted by atomic mass is 19.1. The summed E-state index contributed by atoms with van der Waals surface area (Å²) in [6, 6.07) is 11.8. The number of aromatic hydroxyl groups is 1. The second-order valence-electron chi connectivity index (χ2n) is 7.80. The summed E-state index contributed by atoms with van der Waals surface area (Å²) in [5.74, 6) is -0.237. The summed E-state index contributed by atoms with van der Waals surface area (Å²) >= 11 is 0. The van der Waals surface area contributed by atoms with Gasteiger partial charge in [-0.3, -0.25) is 14.7 Å². The minimum Gasteiger partial charge on any atom is -0.507 e. The Morgan fingerprint density at radius 3 is 2.52 bits per heavy atom. The van der Waals surface area contributed by atoms with E-state index in [0.29, 0.717) is 44.0 Å². The van der Waals surface area contributed by atoms with Gasteiger partial charge in [0.05, 0.1) is 17.3 Å². The molecule has 2 aromatic heterocycles. The van der Waals surface area contributed by atoms with Crippen LogP contribution >= 0.6 is 0 Å². The van der Waals surface area contributed by atoms with Crippen LogP contribution in [0.25, 0.3) is 0 Å². The zero-order valence-electron chi connectivity index (χ0n) is 17.8. The molecule has 1 N–H and O–H groups in total. The minimum atomic E-state index is -0.428. The molecule has 7 heteroatoms. The molecule has 3 heterocycles. The first-order valence-corrected chi connectivity index (χ1v) is 10.6. The van der Waals surface area contributed by atoms with Crippen molar-refractivity contribution in [1.82, 2.24) is 14.5 Å². The first-order chi connectivity index (χ1) is 15.0. The standard InChI is InChI=1S/C24H27FN4O2/c1-3-29-17(2)15-21(30)22(24(29)31)23(18-7-6-10-26-16-18)28-13-11-27(12-14-28)20-9-5-4-8-19(20)25/h4-10,15-16,23,30H,3,11-14H2,1-2H3. The zero-order valence-corrected chi connectivity index (χ0v) is 17.8. The molecule has 1 saturated heterocycles. The number of aryl methyl sites for hydroxylation is 1. The van der Waals surface area contributed by atoms with Crippen LogP contribution in [0.2, 0.25) is 0 Å². The smallest absolute Gasteiger partial charge is 0.259 e. The van der Waals surface area contributed by atoms with Crippen molar-refractivity contribution >= 4 is 5.69 Å². The van der Waals surface area contributed by atoms with E-state index in [2.05, 4.69) is 9.88 Å². The predicted octanol–water partition coefficient (Wildman–Crippen LogP) is 3.33. The molecule has 4 rings (SSSR count). The molecule has 1 aliphatic heterocycles. The summed E-state index contributed by atoms with van der Waals surface area (Å²) in [6.07, 6.45) is 3.43. The van der Waals surface area contributed by atoms with Gasteiger partial charge in [0.15, 0.2) is 0 Å². The third-order valence-corrected chi connectivity index (χ3v) is 5.99. The van der Waals surface area contributed by atoms with Gasteiger partial charge in [-0.05, 0) is 43.7 Å². The second-order valence-corrected chi connectivity index (χ2v) is 7.80. The van der Waals surface area contributed by atoms with Crippen molar-refractivity contribution in [1.29, 1.82) is 0 Å². The Balaban J connectivity index is 1.71. The highest BCUT2D eigenvalue weighted by molar-refractivity contribution is 5.48. The lowest BCUT2D eigenvalue weighted by Gasteiger charge is -2.40. The fraction of sp³-hybridized carbons (Fsp3) is 0.333. The van der Waals surface area contributed by atoms with Crippen molar-refractivity contribution in [3.8, 4) is 5.75 Å². The summed E-state index contributed by atoms with van der Waals surface area (Å²) in [5, 5.41) is 10.8. The topological polar surface area (TPSA) is 61.6 Å². The van der Waals surface area contributed by atoms with Crippen LogP contribution in [0.15, 0.2) is 59.7 Å². The summed E-state index contributed by atoms with van der Waals surface area (Å²) in [7, 11) is 0. The first-order valence-electron chi connectivity index (χ1n) is 10.6. The van der Waals surface area contributed by atoms with Crippen LogP contribution in [0, 0.1) is 12.7 Å². The van der Waals surface area contributed by atoms with Gasteiger partial charge in [-0.15, -0.1) is 0 Å². The van der Waals surface area contributed by atoms with Gasteiger partial charge in [0.25, 0.3) is 5.56 Å². The minimum absolute atomic E-state index is 0.00223. The Morgan fingerprint density at radius 1 is 1.13 bits per heavy atom. The third kappa shape index (κ3) is 4.05. The summed E-state index contributed by atoms with van der Waals surface area (Å²) in [4.78, 5) is 21.8. The normalized spacial score (nSPS) is 15.8. The van der Waals surface area contributed by atoms with Crippen molar-refractivity contribution in [3.63, 3.8) is 0 Å². The van der Waals surface area contributed by atoms with Crippen LogP contribution < -0.4 is 10.5 Å². The van der Waals surface area contributed by atoms with E-state index in [1.165, 1.54) is 6.07 Å². The Kier molecular flexibility index (Phi) is 6.04. The Morgan fingerprint density at radius 2 is 1.87 bits per heavy atom. The molecule has 0 aliphatic carbocycles. The summed E-state index contributed by atoms with van der Waals surface area (Å²) < 4.78 is 15.9. The fourth-order valence-corrected chi connectivity index (χ4v) is 4.45. The van der Waals surface area contributed by atoms with Gasteiger partial charge >= 0.3 is 0 Å². The molecule has 1 atom stereocenters. The van der Waals surface area contributed by atoms with Crippen LogP contribution in [-0.2, 0) is 6.54 Å². The SMILES string of the molecule is CCn1c(C)cc(O)c(C(c2cccnc2)N2CCN(c3ccccc3F)CC2)c1=O. The van der Waals surface area contributed by atoms with Crippen molar-refractivity contribution in [2.75, 3.05) is 31.1 Å². The molecule has 0 bridgehead atoms. The number of halogens is 1. The van der Waals surface area contributed by atoms with Gasteiger partial charge in [-0.2, -0.15) is 0 Å². The van der Waals surface area contributed by atoms with Crippen molar-refractivity contribution in [2.24, 2.45) is 0 Å². The maximum Gasteiger partial charge on any atom is 0.259 e. The predicted molar refractivity (Wildman–Crippen MR) is 119 cm³/mol. The van der Waals surface area contributed by atoms with Crippen molar-refractivity contribution in [2.45, 2.75) is 26.4 Å². The number of para-hydroxylation sites is 1. The largest absolute Gasteiger partial charge is 0.507 e. The first kappa shape index (κ1) is 21.1. The Bertz CT molecular complexity index is 1110. The van der Waals surface area contributed by atoms with Crippen molar-refractivity contribution in [3.05, 3.63) is 87.9 Å². The van der Waals surface area contributed by atoms with E-state index in [0.717, 1.165) is 11.3 Å². The van der Waals surface area contributed by atoms with Gasteiger partial charge < -0.3 is 14.6 Å². The molecule has 1 unspecified atom stereocenters. The maximum absolute atomic E-state index is 14.2. The van der Waals surface area contributed by atoms with E-state index >= 15 is 0 Å². The number of benzene rings is 1.